The number of halogens is 2. The van der Waals surface area contributed by atoms with Gasteiger partial charge in [0.2, 0.25) is 0 Å². The predicted octanol–water partition coefficient (Wildman–Crippen LogP) is 3.65. The minimum atomic E-state index is -0.810. The molecule has 0 saturated carbocycles. The van der Waals surface area contributed by atoms with Gasteiger partial charge in [-0.15, -0.1) is 0 Å². The fourth-order valence-corrected chi connectivity index (χ4v) is 3.63. The van der Waals surface area contributed by atoms with Crippen LogP contribution in [0, 0.1) is 5.82 Å². The number of carbonyl (C=O) groups is 3. The zero-order valence-electron chi connectivity index (χ0n) is 18.2. The molecule has 3 rings (SSSR count). The van der Waals surface area contributed by atoms with Crippen LogP contribution in [0.2, 0.25) is 5.02 Å². The molecule has 1 aliphatic heterocycles. The minimum Gasteiger partial charge on any atom is -0.490 e. The van der Waals surface area contributed by atoms with Crippen LogP contribution in [0.25, 0.3) is 6.08 Å². The Morgan fingerprint density at radius 1 is 1.18 bits per heavy atom. The van der Waals surface area contributed by atoms with E-state index in [0.717, 1.165) is 4.90 Å². The smallest absolute Gasteiger partial charge is 0.344 e. The molecule has 2 aromatic carbocycles. The molecule has 0 aromatic heterocycles. The molecule has 0 atom stereocenters. The second-order valence-corrected chi connectivity index (χ2v) is 7.56. The maximum atomic E-state index is 14.3. The lowest BCUT2D eigenvalue weighted by atomic mass is 10.1. The Hall–Kier alpha value is -3.50. The summed E-state index contributed by atoms with van der Waals surface area (Å²) >= 11 is 11.4. The third-order valence-corrected chi connectivity index (χ3v) is 5.04. The molecule has 1 aliphatic rings. The number of anilines is 1. The molecule has 34 heavy (non-hydrogen) atoms. The number of benzene rings is 2. The van der Waals surface area contributed by atoms with E-state index in [-0.39, 0.29) is 52.7 Å². The first-order valence-corrected chi connectivity index (χ1v) is 11.0. The van der Waals surface area contributed by atoms with Gasteiger partial charge in [0.1, 0.15) is 11.4 Å². The number of hydrogen-bond acceptors (Lipinski definition) is 7. The van der Waals surface area contributed by atoms with Gasteiger partial charge in [0, 0.05) is 0 Å². The SMILES string of the molecule is CCOC(=O)COc1c(Cl)cc(/C=C2\C(=O)NC(=S)N(c3ccccc3F)C2=O)cc1OCC. The first kappa shape index (κ1) is 25.1. The number of carbonyl (C=O) groups excluding carboxylic acids is 3. The van der Waals surface area contributed by atoms with Gasteiger partial charge in [-0.05, 0) is 62.0 Å². The van der Waals surface area contributed by atoms with Gasteiger partial charge in [0.25, 0.3) is 11.8 Å². The predicted molar refractivity (Wildman–Crippen MR) is 127 cm³/mol. The standard InChI is InChI=1S/C23H20ClFN2O6S/c1-3-31-18-11-13(10-15(24)20(18)33-12-19(28)32-4-2)9-14-21(29)26-23(34)27(22(14)30)17-8-6-5-7-16(17)25/h5-11H,3-4,12H2,1-2H3,(H,26,29,34)/b14-9+. The van der Waals surface area contributed by atoms with Gasteiger partial charge in [0.15, 0.2) is 23.2 Å². The maximum absolute atomic E-state index is 14.3. The Kier molecular flexibility index (Phi) is 8.19. The maximum Gasteiger partial charge on any atom is 0.344 e. The van der Waals surface area contributed by atoms with Gasteiger partial charge in [-0.2, -0.15) is 0 Å². The van der Waals surface area contributed by atoms with Crippen LogP contribution in [0.15, 0.2) is 42.0 Å². The fourth-order valence-electron chi connectivity index (χ4n) is 3.08. The van der Waals surface area contributed by atoms with Crippen molar-refractivity contribution in [2.45, 2.75) is 13.8 Å². The van der Waals surface area contributed by atoms with E-state index in [9.17, 15) is 18.8 Å². The number of amides is 2. The van der Waals surface area contributed by atoms with Crippen LogP contribution >= 0.6 is 23.8 Å². The summed E-state index contributed by atoms with van der Waals surface area (Å²) in [6.07, 6.45) is 1.27. The second-order valence-electron chi connectivity index (χ2n) is 6.77. The number of thiocarbonyl (C=S) groups is 1. The summed E-state index contributed by atoms with van der Waals surface area (Å²) in [5.74, 6) is -2.53. The molecular weight excluding hydrogens is 487 g/mol. The number of rotatable bonds is 8. The average Bonchev–Trinajstić information content (AvgIpc) is 2.77. The number of para-hydroxylation sites is 1. The highest BCUT2D eigenvalue weighted by molar-refractivity contribution is 7.80. The van der Waals surface area contributed by atoms with E-state index in [2.05, 4.69) is 5.32 Å². The monoisotopic (exact) mass is 506 g/mol. The van der Waals surface area contributed by atoms with Crippen molar-refractivity contribution in [1.82, 2.24) is 5.32 Å². The van der Waals surface area contributed by atoms with Crippen LogP contribution in [0.1, 0.15) is 19.4 Å². The molecule has 11 heteroatoms. The van der Waals surface area contributed by atoms with E-state index in [0.29, 0.717) is 5.56 Å². The summed E-state index contributed by atoms with van der Waals surface area (Å²) in [6.45, 7) is 3.47. The van der Waals surface area contributed by atoms with Crippen molar-refractivity contribution >= 4 is 58.5 Å². The molecule has 0 spiro atoms. The largest absolute Gasteiger partial charge is 0.490 e. The Morgan fingerprint density at radius 3 is 2.59 bits per heavy atom. The quantitative estimate of drug-likeness (QED) is 0.253. The van der Waals surface area contributed by atoms with Crippen LogP contribution in [0.3, 0.4) is 0 Å². The zero-order valence-corrected chi connectivity index (χ0v) is 19.8. The van der Waals surface area contributed by atoms with E-state index in [1.54, 1.807) is 13.8 Å². The molecular formula is C23H20ClFN2O6S. The molecule has 1 N–H and O–H groups in total. The van der Waals surface area contributed by atoms with E-state index in [4.69, 9.17) is 38.0 Å². The molecule has 1 saturated heterocycles. The van der Waals surface area contributed by atoms with Crippen molar-refractivity contribution in [2.24, 2.45) is 0 Å². The highest BCUT2D eigenvalue weighted by atomic mass is 35.5. The molecule has 8 nitrogen and oxygen atoms in total. The molecule has 178 valence electrons. The fraction of sp³-hybridized carbons (Fsp3) is 0.217. The number of esters is 1. The van der Waals surface area contributed by atoms with Crippen molar-refractivity contribution in [3.05, 3.63) is 58.4 Å². The Bertz CT molecular complexity index is 1190. The number of nitrogens with one attached hydrogen (secondary N) is 1. The molecule has 0 unspecified atom stereocenters. The minimum absolute atomic E-state index is 0.0762. The van der Waals surface area contributed by atoms with E-state index >= 15 is 0 Å². The van der Waals surface area contributed by atoms with Crippen LogP contribution < -0.4 is 19.7 Å². The van der Waals surface area contributed by atoms with E-state index in [1.165, 1.54) is 42.5 Å². The van der Waals surface area contributed by atoms with Crippen LogP contribution in [0.5, 0.6) is 11.5 Å². The summed E-state index contributed by atoms with van der Waals surface area (Å²) < 4.78 is 30.2. The summed E-state index contributed by atoms with van der Waals surface area (Å²) in [7, 11) is 0. The van der Waals surface area contributed by atoms with Crippen LogP contribution in [-0.2, 0) is 19.1 Å². The van der Waals surface area contributed by atoms with Gasteiger partial charge < -0.3 is 14.2 Å². The van der Waals surface area contributed by atoms with Crippen molar-refractivity contribution in [2.75, 3.05) is 24.7 Å². The van der Waals surface area contributed by atoms with Gasteiger partial charge in [0.05, 0.1) is 23.9 Å². The van der Waals surface area contributed by atoms with E-state index < -0.39 is 23.6 Å². The molecule has 1 fully saturated rings. The van der Waals surface area contributed by atoms with Crippen molar-refractivity contribution in [3.8, 4) is 11.5 Å². The van der Waals surface area contributed by atoms with Gasteiger partial charge in [-0.3, -0.25) is 14.9 Å². The lowest BCUT2D eigenvalue weighted by Gasteiger charge is -2.29. The zero-order chi connectivity index (χ0) is 24.8. The first-order chi connectivity index (χ1) is 16.3. The van der Waals surface area contributed by atoms with Crippen LogP contribution in [0.4, 0.5) is 10.1 Å². The Balaban J connectivity index is 1.97. The third kappa shape index (κ3) is 5.52. The van der Waals surface area contributed by atoms with Gasteiger partial charge >= 0.3 is 5.97 Å². The van der Waals surface area contributed by atoms with Gasteiger partial charge in [-0.25, -0.2) is 14.1 Å². The molecule has 0 aliphatic carbocycles. The summed E-state index contributed by atoms with van der Waals surface area (Å²) in [5, 5.41) is 2.22. The summed E-state index contributed by atoms with van der Waals surface area (Å²) in [5.41, 5.74) is -0.0635. The normalized spacial score (nSPS) is 14.8. The van der Waals surface area contributed by atoms with Crippen LogP contribution in [-0.4, -0.2) is 42.7 Å². The topological polar surface area (TPSA) is 94.2 Å². The lowest BCUT2D eigenvalue weighted by Crippen LogP contribution is -2.54. The lowest BCUT2D eigenvalue weighted by molar-refractivity contribution is -0.145. The first-order valence-electron chi connectivity index (χ1n) is 10.2. The number of ether oxygens (including phenoxy) is 3. The molecule has 2 aromatic rings. The molecule has 1 heterocycles. The average molecular weight is 507 g/mol. The highest BCUT2D eigenvalue weighted by Crippen LogP contribution is 2.37. The molecule has 2 amide bonds. The summed E-state index contributed by atoms with van der Waals surface area (Å²) in [6, 6.07) is 8.47. The Morgan fingerprint density at radius 2 is 1.91 bits per heavy atom. The number of nitrogens with zero attached hydrogens (tertiary/aromatic N) is 1. The van der Waals surface area contributed by atoms with Gasteiger partial charge in [-0.1, -0.05) is 23.7 Å². The highest BCUT2D eigenvalue weighted by Gasteiger charge is 2.35. The van der Waals surface area contributed by atoms with E-state index in [1.807, 2.05) is 0 Å². The third-order valence-electron chi connectivity index (χ3n) is 4.48. The Labute approximate surface area is 205 Å². The molecule has 0 bridgehead atoms. The summed E-state index contributed by atoms with van der Waals surface area (Å²) in [4.78, 5) is 38.2. The molecule has 0 radical (unpaired) electrons. The van der Waals surface area contributed by atoms with Crippen molar-refractivity contribution < 1.29 is 33.0 Å². The number of hydrogen-bond donors (Lipinski definition) is 1. The second kappa shape index (κ2) is 11.1. The van der Waals surface area contributed by atoms with Crippen molar-refractivity contribution in [3.63, 3.8) is 0 Å². The van der Waals surface area contributed by atoms with Crippen molar-refractivity contribution in [1.29, 1.82) is 0 Å².